The lowest BCUT2D eigenvalue weighted by Gasteiger charge is -2.15. The van der Waals surface area contributed by atoms with E-state index in [2.05, 4.69) is 10.3 Å². The molecule has 3 rings (SSSR count). The van der Waals surface area contributed by atoms with E-state index in [1.54, 1.807) is 55.5 Å². The van der Waals surface area contributed by atoms with E-state index in [0.29, 0.717) is 23.5 Å². The highest BCUT2D eigenvalue weighted by Gasteiger charge is 2.33. The molecule has 208 valence electrons. The fourth-order valence-electron chi connectivity index (χ4n) is 3.80. The summed E-state index contributed by atoms with van der Waals surface area (Å²) in [6.45, 7) is 4.19. The number of nitrogens with zero attached hydrogens (tertiary/aromatic N) is 2. The van der Waals surface area contributed by atoms with E-state index >= 15 is 0 Å². The van der Waals surface area contributed by atoms with E-state index in [-0.39, 0.29) is 29.8 Å². The predicted octanol–water partition coefficient (Wildman–Crippen LogP) is 7.43. The van der Waals surface area contributed by atoms with Crippen LogP contribution in [-0.4, -0.2) is 29.5 Å². The van der Waals surface area contributed by atoms with Gasteiger partial charge in [0.05, 0.1) is 23.9 Å². The normalized spacial score (nSPS) is 12.9. The molecule has 0 aliphatic rings. The molecule has 0 fully saturated rings. The van der Waals surface area contributed by atoms with Crippen molar-refractivity contribution >= 4 is 23.0 Å². The summed E-state index contributed by atoms with van der Waals surface area (Å²) in [6.07, 6.45) is -4.13. The molecule has 2 N–H and O–H groups in total. The zero-order valence-electron chi connectivity index (χ0n) is 22.2. The zero-order valence-corrected chi connectivity index (χ0v) is 22.2. The van der Waals surface area contributed by atoms with Crippen LogP contribution < -0.4 is 10.1 Å². The number of benzene rings is 3. The maximum absolute atomic E-state index is 13.7. The predicted molar refractivity (Wildman–Crippen MR) is 149 cm³/mol. The number of allylic oxidation sites excluding steroid dienone is 1. The molecule has 1 amide bonds. The number of hydrogen-bond acceptors (Lipinski definition) is 5. The fourth-order valence-corrected chi connectivity index (χ4v) is 3.80. The van der Waals surface area contributed by atoms with Crippen molar-refractivity contribution in [3.63, 3.8) is 0 Å². The first kappa shape index (κ1) is 30.1. The van der Waals surface area contributed by atoms with Gasteiger partial charge < -0.3 is 15.2 Å². The molecule has 0 heterocycles. The van der Waals surface area contributed by atoms with Gasteiger partial charge in [0.2, 0.25) is 0 Å². The number of nitrogens with one attached hydrogen (secondary N) is 1. The van der Waals surface area contributed by atoms with Gasteiger partial charge in [-0.05, 0) is 72.5 Å². The highest BCUT2D eigenvalue weighted by atomic mass is 19.4. The number of aliphatic imine (C=N–C) groups is 1. The monoisotopic (exact) mass is 549 g/mol. The third kappa shape index (κ3) is 8.55. The Balaban J connectivity index is 1.91. The standard InChI is InChI=1S/C31H30F3N3O3/c1-3-7-24(31(32,33)34)19-28(36-25-10-5-8-21(17-25)20-35)30(39)37-26-11-6-9-23(18-26)29(38)22-12-14-27(15-13-22)40-16-4-2/h5-6,8-15,17-19,29,38H,3-4,7,16H2,1-2H3,(H,37,39)/b24-19+,36-28?. The molecule has 0 spiro atoms. The molecule has 0 aromatic heterocycles. The highest BCUT2D eigenvalue weighted by molar-refractivity contribution is 6.47. The first-order valence-electron chi connectivity index (χ1n) is 12.8. The molecule has 0 saturated heterocycles. The van der Waals surface area contributed by atoms with Gasteiger partial charge in [-0.2, -0.15) is 18.4 Å². The van der Waals surface area contributed by atoms with Gasteiger partial charge in [-0.3, -0.25) is 4.79 Å². The van der Waals surface area contributed by atoms with Crippen LogP contribution in [0.3, 0.4) is 0 Å². The molecule has 9 heteroatoms. The number of carbonyl (C=O) groups is 1. The SMILES string of the molecule is CCCOc1ccc(C(O)c2cccc(NC(=O)C(/C=C(\CCC)C(F)(F)F)=Nc3cccc(C#N)c3)c2)cc1. The van der Waals surface area contributed by atoms with E-state index in [9.17, 15) is 23.1 Å². The summed E-state index contributed by atoms with van der Waals surface area (Å²) >= 11 is 0. The van der Waals surface area contributed by atoms with Crippen LogP contribution >= 0.6 is 0 Å². The van der Waals surface area contributed by atoms with Crippen LogP contribution in [0, 0.1) is 11.3 Å². The van der Waals surface area contributed by atoms with Gasteiger partial charge in [-0.25, -0.2) is 4.99 Å². The largest absolute Gasteiger partial charge is 0.494 e. The van der Waals surface area contributed by atoms with E-state index in [1.807, 2.05) is 13.0 Å². The molecule has 0 bridgehead atoms. The number of halogens is 3. The van der Waals surface area contributed by atoms with Crippen LogP contribution in [0.4, 0.5) is 24.5 Å². The second-order valence-corrected chi connectivity index (χ2v) is 8.98. The smallest absolute Gasteiger partial charge is 0.412 e. The number of alkyl halides is 3. The maximum Gasteiger partial charge on any atom is 0.412 e. The van der Waals surface area contributed by atoms with Crippen LogP contribution in [0.5, 0.6) is 5.75 Å². The minimum absolute atomic E-state index is 0.161. The third-order valence-electron chi connectivity index (χ3n) is 5.78. The average molecular weight is 550 g/mol. The van der Waals surface area contributed by atoms with E-state index in [1.165, 1.54) is 24.3 Å². The molecule has 40 heavy (non-hydrogen) atoms. The summed E-state index contributed by atoms with van der Waals surface area (Å²) in [6, 6.07) is 21.2. The Hall–Kier alpha value is -4.42. The summed E-state index contributed by atoms with van der Waals surface area (Å²) in [7, 11) is 0. The molecule has 6 nitrogen and oxygen atoms in total. The Morgan fingerprint density at radius 2 is 1.77 bits per heavy atom. The second kappa shape index (κ2) is 14.1. The first-order valence-corrected chi connectivity index (χ1v) is 12.8. The fraction of sp³-hybridized carbons (Fsp3) is 0.258. The van der Waals surface area contributed by atoms with Crippen molar-refractivity contribution in [3.8, 4) is 11.8 Å². The van der Waals surface area contributed by atoms with Gasteiger partial charge >= 0.3 is 6.18 Å². The lowest BCUT2D eigenvalue weighted by molar-refractivity contribution is -0.110. The summed E-state index contributed by atoms with van der Waals surface area (Å²) < 4.78 is 46.6. The zero-order chi connectivity index (χ0) is 29.1. The Bertz CT molecular complexity index is 1410. The molecular weight excluding hydrogens is 519 g/mol. The summed E-state index contributed by atoms with van der Waals surface area (Å²) in [5.74, 6) is -0.190. The van der Waals surface area contributed by atoms with E-state index < -0.39 is 29.5 Å². The number of aliphatic hydroxyl groups excluding tert-OH is 1. The Labute approximate surface area is 231 Å². The molecule has 0 aliphatic carbocycles. The van der Waals surface area contributed by atoms with Crippen molar-refractivity contribution in [2.45, 2.75) is 45.4 Å². The molecule has 1 atom stereocenters. The van der Waals surface area contributed by atoms with Crippen molar-refractivity contribution in [1.82, 2.24) is 0 Å². The van der Waals surface area contributed by atoms with Crippen LogP contribution in [0.1, 0.15) is 55.9 Å². The van der Waals surface area contributed by atoms with Crippen LogP contribution in [0.25, 0.3) is 0 Å². The van der Waals surface area contributed by atoms with Crippen molar-refractivity contribution in [1.29, 1.82) is 5.26 Å². The number of anilines is 1. The third-order valence-corrected chi connectivity index (χ3v) is 5.78. The van der Waals surface area contributed by atoms with Gasteiger partial charge in [0.25, 0.3) is 5.91 Å². The van der Waals surface area contributed by atoms with Crippen molar-refractivity contribution in [2.75, 3.05) is 11.9 Å². The van der Waals surface area contributed by atoms with Crippen LogP contribution in [0.2, 0.25) is 0 Å². The molecule has 3 aromatic carbocycles. The topological polar surface area (TPSA) is 94.7 Å². The lowest BCUT2D eigenvalue weighted by atomic mass is 10.0. The summed E-state index contributed by atoms with van der Waals surface area (Å²) in [5, 5.41) is 22.6. The van der Waals surface area contributed by atoms with Gasteiger partial charge in [0, 0.05) is 11.3 Å². The molecule has 0 aliphatic heterocycles. The van der Waals surface area contributed by atoms with Crippen molar-refractivity contribution < 1.29 is 27.8 Å². The van der Waals surface area contributed by atoms with Gasteiger partial charge in [-0.1, -0.05) is 50.6 Å². The average Bonchev–Trinajstić information content (AvgIpc) is 2.95. The van der Waals surface area contributed by atoms with Crippen molar-refractivity contribution in [2.24, 2.45) is 4.99 Å². The summed E-state index contributed by atoms with van der Waals surface area (Å²) in [4.78, 5) is 17.4. The Kier molecular flexibility index (Phi) is 10.6. The highest BCUT2D eigenvalue weighted by Crippen LogP contribution is 2.30. The van der Waals surface area contributed by atoms with Crippen LogP contribution in [-0.2, 0) is 4.79 Å². The molecule has 1 unspecified atom stereocenters. The number of rotatable bonds is 11. The second-order valence-electron chi connectivity index (χ2n) is 8.98. The number of amides is 1. The molecule has 0 radical (unpaired) electrons. The van der Waals surface area contributed by atoms with E-state index in [4.69, 9.17) is 10.00 Å². The number of ether oxygens (including phenoxy) is 1. The van der Waals surface area contributed by atoms with Gasteiger partial charge in [0.1, 0.15) is 17.6 Å². The minimum Gasteiger partial charge on any atom is -0.494 e. The number of nitriles is 1. The Morgan fingerprint density at radius 1 is 1.05 bits per heavy atom. The number of hydrogen-bond donors (Lipinski definition) is 2. The van der Waals surface area contributed by atoms with Crippen molar-refractivity contribution in [3.05, 3.63) is 101 Å². The van der Waals surface area contributed by atoms with Crippen LogP contribution in [0.15, 0.2) is 89.4 Å². The van der Waals surface area contributed by atoms with E-state index in [0.717, 1.165) is 12.5 Å². The summed E-state index contributed by atoms with van der Waals surface area (Å²) in [5.41, 5.74) is 0.387. The molecule has 0 saturated carbocycles. The molecular formula is C31H30F3N3O3. The molecule has 3 aromatic rings. The maximum atomic E-state index is 13.7. The lowest BCUT2D eigenvalue weighted by Crippen LogP contribution is -2.23. The quantitative estimate of drug-likeness (QED) is 0.243. The Morgan fingerprint density at radius 3 is 2.42 bits per heavy atom. The first-order chi connectivity index (χ1) is 19.1. The van der Waals surface area contributed by atoms with Gasteiger partial charge in [-0.15, -0.1) is 0 Å². The minimum atomic E-state index is -4.65. The van der Waals surface area contributed by atoms with Gasteiger partial charge in [0.15, 0.2) is 0 Å². The number of carbonyl (C=O) groups excluding carboxylic acids is 1. The number of aliphatic hydroxyl groups is 1.